The van der Waals surface area contributed by atoms with Crippen molar-refractivity contribution in [3.63, 3.8) is 0 Å². The average Bonchev–Trinajstić information content (AvgIpc) is 2.79. The maximum Gasteiger partial charge on any atom is 0.314 e. The van der Waals surface area contributed by atoms with Gasteiger partial charge in [0.25, 0.3) is 0 Å². The van der Waals surface area contributed by atoms with Gasteiger partial charge in [-0.3, -0.25) is 9.79 Å². The van der Waals surface area contributed by atoms with Crippen LogP contribution in [0, 0.1) is 11.8 Å². The molecule has 3 atom stereocenters. The highest BCUT2D eigenvalue weighted by Crippen LogP contribution is 2.56. The molecular formula is C13H15NO2S. The quantitative estimate of drug-likeness (QED) is 0.669. The van der Waals surface area contributed by atoms with Crippen LogP contribution in [0.5, 0.6) is 0 Å². The highest BCUT2D eigenvalue weighted by atomic mass is 32.2. The Bertz CT molecular complexity index is 441. The lowest BCUT2D eigenvalue weighted by Gasteiger charge is -2.40. The Kier molecular flexibility index (Phi) is 2.62. The summed E-state index contributed by atoms with van der Waals surface area (Å²) in [6, 6.07) is 0. The number of thioether (sulfide) groups is 1. The molecule has 3 aliphatic rings. The number of rotatable bonds is 1. The lowest BCUT2D eigenvalue weighted by atomic mass is 9.73. The number of carbonyl (C=O) groups is 1. The van der Waals surface area contributed by atoms with Gasteiger partial charge in [0, 0.05) is 6.21 Å². The number of methoxy groups -OCH3 is 1. The molecule has 0 saturated carbocycles. The average molecular weight is 249 g/mol. The second-order valence-electron chi connectivity index (χ2n) is 4.64. The molecule has 3 unspecified atom stereocenters. The number of allylic oxidation sites excluding steroid dienone is 3. The van der Waals surface area contributed by atoms with Gasteiger partial charge < -0.3 is 4.74 Å². The minimum absolute atomic E-state index is 0.0301. The minimum atomic E-state index is -0.168. The van der Waals surface area contributed by atoms with Crippen molar-refractivity contribution in [2.24, 2.45) is 16.8 Å². The number of esters is 1. The van der Waals surface area contributed by atoms with Gasteiger partial charge in [-0.1, -0.05) is 12.2 Å². The SMILES string of the molecule is COC(=O)C1C=NC2=CC=CCC23SCCC13. The molecule has 0 radical (unpaired) electrons. The fraction of sp³-hybridized carbons (Fsp3) is 0.538. The first-order valence-electron chi connectivity index (χ1n) is 5.91. The summed E-state index contributed by atoms with van der Waals surface area (Å²) >= 11 is 1.95. The zero-order valence-electron chi connectivity index (χ0n) is 9.76. The van der Waals surface area contributed by atoms with E-state index in [1.54, 1.807) is 6.21 Å². The van der Waals surface area contributed by atoms with E-state index in [4.69, 9.17) is 4.74 Å². The van der Waals surface area contributed by atoms with Crippen molar-refractivity contribution in [3.8, 4) is 0 Å². The summed E-state index contributed by atoms with van der Waals surface area (Å²) in [6.07, 6.45) is 10.2. The molecule has 2 aliphatic heterocycles. The maximum absolute atomic E-state index is 11.8. The fourth-order valence-corrected chi connectivity index (χ4v) is 4.78. The summed E-state index contributed by atoms with van der Waals surface area (Å²) in [6.45, 7) is 0. The number of hydrogen-bond donors (Lipinski definition) is 0. The lowest BCUT2D eigenvalue weighted by molar-refractivity contribution is -0.144. The van der Waals surface area contributed by atoms with Crippen molar-refractivity contribution in [2.45, 2.75) is 17.6 Å². The van der Waals surface area contributed by atoms with E-state index in [1.165, 1.54) is 7.11 Å². The molecule has 1 saturated heterocycles. The molecule has 0 aromatic carbocycles. The third kappa shape index (κ3) is 1.50. The van der Waals surface area contributed by atoms with Gasteiger partial charge in [-0.05, 0) is 30.6 Å². The second kappa shape index (κ2) is 4.02. The Morgan fingerprint density at radius 2 is 2.53 bits per heavy atom. The van der Waals surface area contributed by atoms with E-state index in [0.717, 1.165) is 24.3 Å². The molecule has 1 aliphatic carbocycles. The molecule has 1 fully saturated rings. The maximum atomic E-state index is 11.8. The summed E-state index contributed by atoms with van der Waals surface area (Å²) in [5.41, 5.74) is 1.13. The summed E-state index contributed by atoms with van der Waals surface area (Å²) in [7, 11) is 1.46. The van der Waals surface area contributed by atoms with E-state index in [-0.39, 0.29) is 16.6 Å². The third-order valence-corrected chi connectivity index (χ3v) is 5.55. The van der Waals surface area contributed by atoms with Gasteiger partial charge in [0.2, 0.25) is 0 Å². The van der Waals surface area contributed by atoms with Gasteiger partial charge in [-0.25, -0.2) is 0 Å². The molecule has 2 heterocycles. The molecule has 17 heavy (non-hydrogen) atoms. The predicted molar refractivity (Wildman–Crippen MR) is 69.1 cm³/mol. The normalized spacial score (nSPS) is 38.3. The summed E-state index contributed by atoms with van der Waals surface area (Å²) in [4.78, 5) is 16.3. The number of hydrogen-bond acceptors (Lipinski definition) is 4. The topological polar surface area (TPSA) is 38.7 Å². The molecule has 90 valence electrons. The fourth-order valence-electron chi connectivity index (χ4n) is 3.08. The summed E-state index contributed by atoms with van der Waals surface area (Å²) < 4.78 is 4.93. The van der Waals surface area contributed by atoms with Gasteiger partial charge in [-0.2, -0.15) is 0 Å². The van der Waals surface area contributed by atoms with E-state index >= 15 is 0 Å². The van der Waals surface area contributed by atoms with E-state index in [9.17, 15) is 4.79 Å². The van der Waals surface area contributed by atoms with Crippen LogP contribution in [-0.2, 0) is 9.53 Å². The van der Waals surface area contributed by atoms with Gasteiger partial charge in [-0.15, -0.1) is 11.8 Å². The molecule has 1 spiro atoms. The summed E-state index contributed by atoms with van der Waals surface area (Å²) in [5.74, 6) is 1.13. The second-order valence-corrected chi connectivity index (χ2v) is 6.07. The molecular weight excluding hydrogens is 234 g/mol. The van der Waals surface area contributed by atoms with Crippen molar-refractivity contribution in [3.05, 3.63) is 23.9 Å². The van der Waals surface area contributed by atoms with Crippen LogP contribution in [0.25, 0.3) is 0 Å². The van der Waals surface area contributed by atoms with Crippen molar-refractivity contribution in [1.82, 2.24) is 0 Å². The van der Waals surface area contributed by atoms with Gasteiger partial charge in [0.05, 0.1) is 23.5 Å². The van der Waals surface area contributed by atoms with E-state index < -0.39 is 0 Å². The molecule has 0 bridgehead atoms. The Morgan fingerprint density at radius 1 is 1.65 bits per heavy atom. The first-order chi connectivity index (χ1) is 8.28. The third-order valence-electron chi connectivity index (χ3n) is 3.91. The van der Waals surface area contributed by atoms with Gasteiger partial charge in [0.1, 0.15) is 0 Å². The van der Waals surface area contributed by atoms with Crippen molar-refractivity contribution in [1.29, 1.82) is 0 Å². The highest BCUT2D eigenvalue weighted by molar-refractivity contribution is 8.01. The molecule has 4 heteroatoms. The smallest absolute Gasteiger partial charge is 0.314 e. The van der Waals surface area contributed by atoms with Crippen LogP contribution in [0.3, 0.4) is 0 Å². The number of aliphatic imine (C=N–C) groups is 1. The molecule has 3 nitrogen and oxygen atoms in total. The number of ether oxygens (including phenoxy) is 1. The zero-order valence-corrected chi connectivity index (χ0v) is 10.6. The first kappa shape index (κ1) is 11.1. The molecule has 0 aromatic heterocycles. The minimum Gasteiger partial charge on any atom is -0.469 e. The number of nitrogens with zero attached hydrogens (tertiary/aromatic N) is 1. The lowest BCUT2D eigenvalue weighted by Crippen LogP contribution is -2.44. The standard InChI is InChI=1S/C13H15NO2S/c1-16-12(15)9-8-14-11-4-2-3-6-13(11)10(9)5-7-17-13/h2-4,8-10H,5-7H2,1H3. The highest BCUT2D eigenvalue weighted by Gasteiger charge is 2.53. The van der Waals surface area contributed by atoms with E-state index in [2.05, 4.69) is 23.2 Å². The first-order valence-corrected chi connectivity index (χ1v) is 6.90. The zero-order chi connectivity index (χ0) is 11.9. The Hall–Kier alpha value is -1.03. The number of carbonyl (C=O) groups excluding carboxylic acids is 1. The van der Waals surface area contributed by atoms with Crippen molar-refractivity contribution >= 4 is 23.9 Å². The largest absolute Gasteiger partial charge is 0.469 e. The molecule has 3 rings (SSSR count). The Balaban J connectivity index is 2.03. The van der Waals surface area contributed by atoms with Gasteiger partial charge in [0.15, 0.2) is 0 Å². The van der Waals surface area contributed by atoms with Crippen LogP contribution in [0.2, 0.25) is 0 Å². The van der Waals surface area contributed by atoms with Crippen LogP contribution in [0.15, 0.2) is 28.9 Å². The van der Waals surface area contributed by atoms with Crippen LogP contribution in [-0.4, -0.2) is 29.8 Å². The Morgan fingerprint density at radius 3 is 3.35 bits per heavy atom. The van der Waals surface area contributed by atoms with Crippen molar-refractivity contribution in [2.75, 3.05) is 12.9 Å². The Labute approximate surface area is 105 Å². The predicted octanol–water partition coefficient (Wildman–Crippen LogP) is 2.20. The van der Waals surface area contributed by atoms with Crippen LogP contribution in [0.4, 0.5) is 0 Å². The van der Waals surface area contributed by atoms with Gasteiger partial charge >= 0.3 is 5.97 Å². The van der Waals surface area contributed by atoms with Crippen LogP contribution < -0.4 is 0 Å². The summed E-state index contributed by atoms with van der Waals surface area (Å²) in [5, 5.41) is 0. The monoisotopic (exact) mass is 249 g/mol. The van der Waals surface area contributed by atoms with E-state index in [0.29, 0.717) is 5.92 Å². The molecule has 0 aromatic rings. The van der Waals surface area contributed by atoms with Crippen LogP contribution in [0.1, 0.15) is 12.8 Å². The van der Waals surface area contributed by atoms with Crippen molar-refractivity contribution < 1.29 is 9.53 Å². The molecule has 0 amide bonds. The van der Waals surface area contributed by atoms with E-state index in [1.807, 2.05) is 11.8 Å². The van der Waals surface area contributed by atoms with Crippen LogP contribution >= 0.6 is 11.8 Å². The molecule has 0 N–H and O–H groups in total.